The zero-order valence-electron chi connectivity index (χ0n) is 11.8. The first-order valence-corrected chi connectivity index (χ1v) is 8.74. The first-order valence-electron chi connectivity index (χ1n) is 7.07. The van der Waals surface area contributed by atoms with Gasteiger partial charge in [0.05, 0.1) is 9.83 Å². The van der Waals surface area contributed by atoms with Crippen LogP contribution in [0.25, 0.3) is 0 Å². The highest BCUT2D eigenvalue weighted by Crippen LogP contribution is 2.30. The first-order chi connectivity index (χ1) is 10.2. The van der Waals surface area contributed by atoms with Gasteiger partial charge >= 0.3 is 0 Å². The molecule has 1 aromatic heterocycles. The summed E-state index contributed by atoms with van der Waals surface area (Å²) in [7, 11) is 0. The molecule has 0 spiro atoms. The molecule has 21 heavy (non-hydrogen) atoms. The standard InChI is InChI=1S/C16H17BrN2OS/c1-2-18-15(12-8-14(17)21-9-12)11-4-3-10-5-6-19-16(20)13(10)7-11/h3-4,7-9,15,18H,2,5-6H2,1H3,(H,19,20). The van der Waals surface area contributed by atoms with Gasteiger partial charge in [0.1, 0.15) is 0 Å². The van der Waals surface area contributed by atoms with Crippen molar-refractivity contribution in [2.45, 2.75) is 19.4 Å². The summed E-state index contributed by atoms with van der Waals surface area (Å²) < 4.78 is 1.12. The van der Waals surface area contributed by atoms with Gasteiger partial charge in [-0.05, 0) is 63.1 Å². The van der Waals surface area contributed by atoms with E-state index in [1.54, 1.807) is 11.3 Å². The zero-order valence-corrected chi connectivity index (χ0v) is 14.2. The van der Waals surface area contributed by atoms with Crippen molar-refractivity contribution >= 4 is 33.2 Å². The van der Waals surface area contributed by atoms with Crippen LogP contribution in [0, 0.1) is 0 Å². The molecule has 0 bridgehead atoms. The van der Waals surface area contributed by atoms with Gasteiger partial charge in [-0.15, -0.1) is 11.3 Å². The second-order valence-electron chi connectivity index (χ2n) is 5.10. The Kier molecular flexibility index (Phi) is 4.42. The molecule has 0 radical (unpaired) electrons. The van der Waals surface area contributed by atoms with Crippen molar-refractivity contribution in [3.8, 4) is 0 Å². The summed E-state index contributed by atoms with van der Waals surface area (Å²) in [6.07, 6.45) is 0.914. The molecular weight excluding hydrogens is 348 g/mol. The molecular formula is C16H17BrN2OS. The van der Waals surface area contributed by atoms with E-state index in [4.69, 9.17) is 0 Å². The Morgan fingerprint density at radius 3 is 2.95 bits per heavy atom. The van der Waals surface area contributed by atoms with Crippen molar-refractivity contribution in [3.63, 3.8) is 0 Å². The molecule has 1 aromatic carbocycles. The van der Waals surface area contributed by atoms with Gasteiger partial charge in [-0.2, -0.15) is 0 Å². The van der Waals surface area contributed by atoms with E-state index < -0.39 is 0 Å². The number of benzene rings is 1. The number of nitrogens with one attached hydrogen (secondary N) is 2. The molecule has 2 heterocycles. The van der Waals surface area contributed by atoms with E-state index >= 15 is 0 Å². The van der Waals surface area contributed by atoms with Crippen LogP contribution in [0.2, 0.25) is 0 Å². The lowest BCUT2D eigenvalue weighted by Crippen LogP contribution is -2.32. The van der Waals surface area contributed by atoms with Crippen molar-refractivity contribution in [3.05, 3.63) is 55.7 Å². The highest BCUT2D eigenvalue weighted by atomic mass is 79.9. The summed E-state index contributed by atoms with van der Waals surface area (Å²) in [5, 5.41) is 8.57. The van der Waals surface area contributed by atoms with E-state index in [1.807, 2.05) is 6.07 Å². The minimum Gasteiger partial charge on any atom is -0.352 e. The van der Waals surface area contributed by atoms with Crippen LogP contribution in [0.15, 0.2) is 33.4 Å². The molecule has 1 unspecified atom stereocenters. The van der Waals surface area contributed by atoms with Crippen LogP contribution in [0.5, 0.6) is 0 Å². The van der Waals surface area contributed by atoms with Crippen LogP contribution in [0.3, 0.4) is 0 Å². The maximum Gasteiger partial charge on any atom is 0.251 e. The van der Waals surface area contributed by atoms with Crippen LogP contribution >= 0.6 is 27.3 Å². The topological polar surface area (TPSA) is 41.1 Å². The number of carbonyl (C=O) groups is 1. The van der Waals surface area contributed by atoms with Gasteiger partial charge in [0.15, 0.2) is 0 Å². The quantitative estimate of drug-likeness (QED) is 0.871. The van der Waals surface area contributed by atoms with Gasteiger partial charge in [0.25, 0.3) is 5.91 Å². The summed E-state index contributed by atoms with van der Waals surface area (Å²) in [5.41, 5.74) is 4.32. The monoisotopic (exact) mass is 364 g/mol. The Bertz CT molecular complexity index is 668. The number of thiophene rings is 1. The molecule has 2 N–H and O–H groups in total. The lowest BCUT2D eigenvalue weighted by Gasteiger charge is -2.21. The number of hydrogen-bond acceptors (Lipinski definition) is 3. The lowest BCUT2D eigenvalue weighted by atomic mass is 9.93. The largest absolute Gasteiger partial charge is 0.352 e. The molecule has 3 nitrogen and oxygen atoms in total. The van der Waals surface area contributed by atoms with Crippen molar-refractivity contribution in [1.29, 1.82) is 0 Å². The SMILES string of the molecule is CCNC(c1csc(Br)c1)c1ccc2c(c1)C(=O)NCC2. The minimum absolute atomic E-state index is 0.0415. The molecule has 0 aliphatic carbocycles. The molecule has 2 aromatic rings. The summed E-state index contributed by atoms with van der Waals surface area (Å²) in [4.78, 5) is 12.0. The second-order valence-corrected chi connectivity index (χ2v) is 7.39. The van der Waals surface area contributed by atoms with Crippen LogP contribution in [-0.2, 0) is 6.42 Å². The molecule has 1 aliphatic rings. The van der Waals surface area contributed by atoms with Gasteiger partial charge in [0, 0.05) is 12.1 Å². The van der Waals surface area contributed by atoms with Crippen LogP contribution in [0.1, 0.15) is 40.0 Å². The van der Waals surface area contributed by atoms with E-state index in [0.29, 0.717) is 0 Å². The van der Waals surface area contributed by atoms with Crippen molar-refractivity contribution < 1.29 is 4.79 Å². The van der Waals surface area contributed by atoms with E-state index in [1.165, 1.54) is 5.56 Å². The highest BCUT2D eigenvalue weighted by molar-refractivity contribution is 9.11. The Morgan fingerprint density at radius 2 is 2.24 bits per heavy atom. The normalized spacial score (nSPS) is 15.4. The zero-order chi connectivity index (χ0) is 14.8. The maximum absolute atomic E-state index is 12.0. The van der Waals surface area contributed by atoms with E-state index in [0.717, 1.165) is 40.0 Å². The third-order valence-corrected chi connectivity index (χ3v) is 5.24. The average molecular weight is 365 g/mol. The second kappa shape index (κ2) is 6.30. The van der Waals surface area contributed by atoms with Gasteiger partial charge in [-0.25, -0.2) is 0 Å². The number of amides is 1. The summed E-state index contributed by atoms with van der Waals surface area (Å²) >= 11 is 5.20. The third-order valence-electron chi connectivity index (χ3n) is 3.72. The lowest BCUT2D eigenvalue weighted by molar-refractivity contribution is 0.0946. The number of hydrogen-bond donors (Lipinski definition) is 2. The number of carbonyl (C=O) groups excluding carboxylic acids is 1. The molecule has 3 rings (SSSR count). The fourth-order valence-electron chi connectivity index (χ4n) is 2.72. The van der Waals surface area contributed by atoms with Gasteiger partial charge in [-0.3, -0.25) is 4.79 Å². The highest BCUT2D eigenvalue weighted by Gasteiger charge is 2.20. The molecule has 0 saturated heterocycles. The Morgan fingerprint density at radius 1 is 1.38 bits per heavy atom. The van der Waals surface area contributed by atoms with E-state index in [2.05, 4.69) is 57.1 Å². The first kappa shape index (κ1) is 14.8. The third kappa shape index (κ3) is 3.05. The fraction of sp³-hybridized carbons (Fsp3) is 0.312. The number of fused-ring (bicyclic) bond motifs is 1. The summed E-state index contributed by atoms with van der Waals surface area (Å²) in [6, 6.07) is 8.52. The molecule has 5 heteroatoms. The predicted octanol–water partition coefficient (Wildman–Crippen LogP) is 3.50. The summed E-state index contributed by atoms with van der Waals surface area (Å²) in [5.74, 6) is 0.0415. The van der Waals surface area contributed by atoms with E-state index in [9.17, 15) is 4.79 Å². The molecule has 110 valence electrons. The van der Waals surface area contributed by atoms with Gasteiger partial charge in [0.2, 0.25) is 0 Å². The minimum atomic E-state index is 0.0415. The van der Waals surface area contributed by atoms with Crippen molar-refractivity contribution in [2.24, 2.45) is 0 Å². The van der Waals surface area contributed by atoms with Gasteiger partial charge in [-0.1, -0.05) is 19.1 Å². The Hall–Kier alpha value is -1.17. The van der Waals surface area contributed by atoms with Crippen LogP contribution in [-0.4, -0.2) is 19.0 Å². The van der Waals surface area contributed by atoms with Crippen molar-refractivity contribution in [2.75, 3.05) is 13.1 Å². The van der Waals surface area contributed by atoms with E-state index in [-0.39, 0.29) is 11.9 Å². The van der Waals surface area contributed by atoms with Gasteiger partial charge < -0.3 is 10.6 Å². The molecule has 1 atom stereocenters. The molecule has 0 fully saturated rings. The Balaban J connectivity index is 2.00. The smallest absolute Gasteiger partial charge is 0.251 e. The Labute approximate surface area is 136 Å². The van der Waals surface area contributed by atoms with Crippen molar-refractivity contribution in [1.82, 2.24) is 10.6 Å². The molecule has 0 saturated carbocycles. The predicted molar refractivity (Wildman–Crippen MR) is 90.0 cm³/mol. The average Bonchev–Trinajstić information content (AvgIpc) is 2.91. The summed E-state index contributed by atoms with van der Waals surface area (Å²) in [6.45, 7) is 3.71. The molecule has 1 aliphatic heterocycles. The number of halogens is 1. The molecule has 1 amide bonds. The van der Waals surface area contributed by atoms with Crippen LogP contribution in [0.4, 0.5) is 0 Å². The number of rotatable bonds is 4. The van der Waals surface area contributed by atoms with Crippen LogP contribution < -0.4 is 10.6 Å². The maximum atomic E-state index is 12.0. The fourth-order valence-corrected chi connectivity index (χ4v) is 3.92.